The van der Waals surface area contributed by atoms with Crippen LogP contribution in [-0.4, -0.2) is 5.78 Å². The van der Waals surface area contributed by atoms with Gasteiger partial charge >= 0.3 is 0 Å². The minimum atomic E-state index is 0.0320. The van der Waals surface area contributed by atoms with E-state index in [1.807, 2.05) is 0 Å². The van der Waals surface area contributed by atoms with E-state index in [1.54, 1.807) is 0 Å². The van der Waals surface area contributed by atoms with Crippen molar-refractivity contribution in [2.75, 3.05) is 0 Å². The van der Waals surface area contributed by atoms with E-state index in [1.165, 1.54) is 16.7 Å². The van der Waals surface area contributed by atoms with Gasteiger partial charge in [0.15, 0.2) is 5.78 Å². The zero-order valence-corrected chi connectivity index (χ0v) is 12.4. The lowest BCUT2D eigenvalue weighted by Crippen LogP contribution is -2.22. The zero-order valence-electron chi connectivity index (χ0n) is 12.4. The Bertz CT molecular complexity index is 665. The molecule has 20 heavy (non-hydrogen) atoms. The van der Waals surface area contributed by atoms with E-state index in [4.69, 9.17) is 0 Å². The summed E-state index contributed by atoms with van der Waals surface area (Å²) in [5.41, 5.74) is 6.98. The van der Waals surface area contributed by atoms with E-state index in [9.17, 15) is 4.79 Å². The highest BCUT2D eigenvalue weighted by Crippen LogP contribution is 2.34. The first-order valence-electron chi connectivity index (χ1n) is 7.27. The largest absolute Gasteiger partial charge is 0.293 e. The summed E-state index contributed by atoms with van der Waals surface area (Å²) in [5, 5.41) is 0. The molecule has 0 aliphatic heterocycles. The summed E-state index contributed by atoms with van der Waals surface area (Å²) in [6.45, 7) is 6.24. The molecule has 0 amide bonds. The molecule has 0 heterocycles. The normalized spacial score (nSPS) is 17.9. The molecule has 0 spiro atoms. The Kier molecular flexibility index (Phi) is 3.21. The molecule has 0 bridgehead atoms. The number of Topliss-reactive ketones (excluding diaryl/α,β-unsaturated/α-hetero) is 1. The summed E-state index contributed by atoms with van der Waals surface area (Å²) in [5.74, 6) is 0.331. The molecule has 0 saturated carbocycles. The summed E-state index contributed by atoms with van der Waals surface area (Å²) in [7, 11) is 0. The van der Waals surface area contributed by atoms with E-state index < -0.39 is 0 Å². The Hall–Kier alpha value is -1.89. The van der Waals surface area contributed by atoms with Crippen LogP contribution in [0.5, 0.6) is 0 Å². The average molecular weight is 264 g/mol. The van der Waals surface area contributed by atoms with Gasteiger partial charge in [-0.3, -0.25) is 4.79 Å². The molecule has 102 valence electrons. The van der Waals surface area contributed by atoms with Gasteiger partial charge in [-0.1, -0.05) is 47.5 Å². The summed E-state index contributed by atoms with van der Waals surface area (Å²) < 4.78 is 0. The van der Waals surface area contributed by atoms with Crippen LogP contribution in [0.25, 0.3) is 0 Å². The van der Waals surface area contributed by atoms with Crippen LogP contribution in [0.2, 0.25) is 0 Å². The topological polar surface area (TPSA) is 17.1 Å². The van der Waals surface area contributed by atoms with E-state index >= 15 is 0 Å². The fraction of sp³-hybridized carbons (Fsp3) is 0.316. The minimum absolute atomic E-state index is 0.0320. The van der Waals surface area contributed by atoms with Crippen LogP contribution < -0.4 is 0 Å². The van der Waals surface area contributed by atoms with Crippen LogP contribution in [-0.2, 0) is 6.42 Å². The summed E-state index contributed by atoms with van der Waals surface area (Å²) >= 11 is 0. The second-order valence-corrected chi connectivity index (χ2v) is 5.98. The Balaban J connectivity index is 2.03. The molecule has 1 atom stereocenters. The van der Waals surface area contributed by atoms with Crippen molar-refractivity contribution in [3.63, 3.8) is 0 Å². The third kappa shape index (κ3) is 2.18. The molecule has 1 aliphatic rings. The second kappa shape index (κ2) is 4.90. The molecule has 0 radical (unpaired) electrons. The first-order chi connectivity index (χ1) is 9.56. The standard InChI is InChI=1S/C19H20O/c1-12-4-6-15(7-5-12)17-9-8-16-11-13(2)10-14(3)18(16)19(17)20/h4-7,10-11,17H,8-9H2,1-3H3. The molecule has 1 nitrogen and oxygen atoms in total. The molecular formula is C19H20O. The number of ketones is 1. The number of hydrogen-bond acceptors (Lipinski definition) is 1. The predicted octanol–water partition coefficient (Wildman–Crippen LogP) is 4.52. The molecule has 2 aromatic carbocycles. The van der Waals surface area contributed by atoms with Gasteiger partial charge in [0.2, 0.25) is 0 Å². The molecule has 1 aliphatic carbocycles. The van der Waals surface area contributed by atoms with E-state index in [0.717, 1.165) is 29.5 Å². The maximum absolute atomic E-state index is 12.8. The van der Waals surface area contributed by atoms with Crippen molar-refractivity contribution in [1.82, 2.24) is 0 Å². The van der Waals surface area contributed by atoms with E-state index in [0.29, 0.717) is 5.78 Å². The highest BCUT2D eigenvalue weighted by Gasteiger charge is 2.29. The Morgan fingerprint density at radius 2 is 1.65 bits per heavy atom. The molecular weight excluding hydrogens is 244 g/mol. The van der Waals surface area contributed by atoms with E-state index in [-0.39, 0.29) is 5.92 Å². The van der Waals surface area contributed by atoms with Crippen molar-refractivity contribution in [1.29, 1.82) is 0 Å². The molecule has 0 fully saturated rings. The number of carbonyl (C=O) groups is 1. The first kappa shape index (κ1) is 13.1. The number of rotatable bonds is 1. The van der Waals surface area contributed by atoms with Crippen molar-refractivity contribution >= 4 is 5.78 Å². The highest BCUT2D eigenvalue weighted by atomic mass is 16.1. The van der Waals surface area contributed by atoms with Crippen LogP contribution in [0.15, 0.2) is 36.4 Å². The SMILES string of the molecule is Cc1ccc(C2CCc3cc(C)cc(C)c3C2=O)cc1. The van der Waals surface area contributed by atoms with Crippen molar-refractivity contribution < 1.29 is 4.79 Å². The number of carbonyl (C=O) groups excluding carboxylic acids is 1. The maximum atomic E-state index is 12.8. The molecule has 0 aromatic heterocycles. The van der Waals surface area contributed by atoms with Crippen molar-refractivity contribution in [2.24, 2.45) is 0 Å². The van der Waals surface area contributed by atoms with Gasteiger partial charge in [-0.25, -0.2) is 0 Å². The number of benzene rings is 2. The van der Waals surface area contributed by atoms with Gasteiger partial charge in [-0.2, -0.15) is 0 Å². The lowest BCUT2D eigenvalue weighted by molar-refractivity contribution is 0.0945. The van der Waals surface area contributed by atoms with Gasteiger partial charge in [0.25, 0.3) is 0 Å². The average Bonchev–Trinajstić information content (AvgIpc) is 2.39. The smallest absolute Gasteiger partial charge is 0.170 e. The van der Waals surface area contributed by atoms with Gasteiger partial charge < -0.3 is 0 Å². The predicted molar refractivity (Wildman–Crippen MR) is 82.5 cm³/mol. The van der Waals surface area contributed by atoms with Gasteiger partial charge in [-0.05, 0) is 50.3 Å². The lowest BCUT2D eigenvalue weighted by atomic mass is 9.77. The van der Waals surface area contributed by atoms with Crippen molar-refractivity contribution in [3.05, 3.63) is 69.8 Å². The first-order valence-corrected chi connectivity index (χ1v) is 7.27. The third-order valence-corrected chi connectivity index (χ3v) is 4.31. The molecule has 2 aromatic rings. The van der Waals surface area contributed by atoms with Gasteiger partial charge in [0.1, 0.15) is 0 Å². The molecule has 1 unspecified atom stereocenters. The Morgan fingerprint density at radius 1 is 0.950 bits per heavy atom. The zero-order chi connectivity index (χ0) is 14.3. The van der Waals surface area contributed by atoms with Crippen LogP contribution in [0.1, 0.15) is 50.5 Å². The molecule has 1 heteroatoms. The fourth-order valence-corrected chi connectivity index (χ4v) is 3.33. The maximum Gasteiger partial charge on any atom is 0.170 e. The van der Waals surface area contributed by atoms with E-state index in [2.05, 4.69) is 57.2 Å². The lowest BCUT2D eigenvalue weighted by Gasteiger charge is -2.25. The van der Waals surface area contributed by atoms with Gasteiger partial charge in [-0.15, -0.1) is 0 Å². The number of fused-ring (bicyclic) bond motifs is 1. The quantitative estimate of drug-likeness (QED) is 0.740. The van der Waals surface area contributed by atoms with Crippen LogP contribution >= 0.6 is 0 Å². The molecule has 0 saturated heterocycles. The summed E-state index contributed by atoms with van der Waals surface area (Å²) in [6.07, 6.45) is 1.93. The highest BCUT2D eigenvalue weighted by molar-refractivity contribution is 6.04. The van der Waals surface area contributed by atoms with Crippen LogP contribution in [0.3, 0.4) is 0 Å². The monoisotopic (exact) mass is 264 g/mol. The Labute approximate surface area is 120 Å². The summed E-state index contributed by atoms with van der Waals surface area (Å²) in [4.78, 5) is 12.8. The molecule has 3 rings (SSSR count). The van der Waals surface area contributed by atoms with Crippen molar-refractivity contribution in [2.45, 2.75) is 39.5 Å². The van der Waals surface area contributed by atoms with Crippen LogP contribution in [0, 0.1) is 20.8 Å². The van der Waals surface area contributed by atoms with Gasteiger partial charge in [0, 0.05) is 11.5 Å². The third-order valence-electron chi connectivity index (χ3n) is 4.31. The van der Waals surface area contributed by atoms with Crippen LogP contribution in [0.4, 0.5) is 0 Å². The number of hydrogen-bond donors (Lipinski definition) is 0. The fourth-order valence-electron chi connectivity index (χ4n) is 3.33. The minimum Gasteiger partial charge on any atom is -0.293 e. The Morgan fingerprint density at radius 3 is 2.35 bits per heavy atom. The van der Waals surface area contributed by atoms with Crippen molar-refractivity contribution in [3.8, 4) is 0 Å². The second-order valence-electron chi connectivity index (χ2n) is 5.98. The summed E-state index contributed by atoms with van der Waals surface area (Å²) in [6, 6.07) is 12.7. The number of aryl methyl sites for hydroxylation is 4. The molecule has 0 N–H and O–H groups in total. The van der Waals surface area contributed by atoms with Gasteiger partial charge in [0.05, 0.1) is 0 Å².